The zero-order chi connectivity index (χ0) is 12.3. The number of aliphatic hydroxyl groups excluding tert-OH is 1. The van der Waals surface area contributed by atoms with Crippen LogP contribution >= 0.6 is 11.8 Å². The van der Waals surface area contributed by atoms with Crippen molar-refractivity contribution in [1.82, 2.24) is 0 Å². The highest BCUT2D eigenvalue weighted by molar-refractivity contribution is 7.98. The average Bonchev–Trinajstić information content (AvgIpc) is 2.30. The van der Waals surface area contributed by atoms with Gasteiger partial charge in [0, 0.05) is 10.5 Å². The first kappa shape index (κ1) is 12.9. The lowest BCUT2D eigenvalue weighted by Crippen LogP contribution is -2.14. The first-order valence-corrected chi connectivity index (χ1v) is 5.87. The summed E-state index contributed by atoms with van der Waals surface area (Å²) in [6.45, 7) is 1.75. The fourth-order valence-electron chi connectivity index (χ4n) is 1.32. The minimum absolute atomic E-state index is 0.0516. The zero-order valence-electron chi connectivity index (χ0n) is 9.35. The maximum atomic E-state index is 11.2. The summed E-state index contributed by atoms with van der Waals surface area (Å²) < 4.78 is 4.46. The second-order valence-corrected chi connectivity index (χ2v) is 4.15. The Kier molecular flexibility index (Phi) is 4.20. The molecule has 1 aromatic carbocycles. The number of aromatic hydroxyl groups is 1. The van der Waals surface area contributed by atoms with Crippen LogP contribution in [0.2, 0.25) is 0 Å². The average molecular weight is 242 g/mol. The van der Waals surface area contributed by atoms with Gasteiger partial charge in [-0.1, -0.05) is 0 Å². The van der Waals surface area contributed by atoms with Crippen LogP contribution in [-0.2, 0) is 9.53 Å². The summed E-state index contributed by atoms with van der Waals surface area (Å²) in [5.74, 6) is -0.686. The molecule has 1 atom stereocenters. The number of aryl methyl sites for hydroxylation is 1. The van der Waals surface area contributed by atoms with Crippen LogP contribution in [0.15, 0.2) is 17.0 Å². The molecule has 0 heterocycles. The number of ether oxygens (including phenoxy) is 1. The molecule has 0 aromatic heterocycles. The van der Waals surface area contributed by atoms with Crippen LogP contribution in [0.25, 0.3) is 0 Å². The third-order valence-electron chi connectivity index (χ3n) is 2.27. The van der Waals surface area contributed by atoms with Crippen molar-refractivity contribution in [3.8, 4) is 5.75 Å². The number of aliphatic hydroxyl groups is 1. The number of carbonyl (C=O) groups is 1. The van der Waals surface area contributed by atoms with Gasteiger partial charge >= 0.3 is 5.97 Å². The topological polar surface area (TPSA) is 66.8 Å². The predicted molar refractivity (Wildman–Crippen MR) is 61.6 cm³/mol. The number of hydrogen-bond acceptors (Lipinski definition) is 5. The van der Waals surface area contributed by atoms with Crippen molar-refractivity contribution in [2.24, 2.45) is 0 Å². The molecule has 0 amide bonds. The third kappa shape index (κ3) is 2.48. The SMILES string of the molecule is COC(=O)C(O)c1cc(O)c(C)cc1SC. The van der Waals surface area contributed by atoms with Gasteiger partial charge in [-0.3, -0.25) is 0 Å². The van der Waals surface area contributed by atoms with E-state index in [0.29, 0.717) is 11.1 Å². The maximum absolute atomic E-state index is 11.2. The number of rotatable bonds is 3. The molecule has 1 unspecified atom stereocenters. The number of carbonyl (C=O) groups excluding carboxylic acids is 1. The largest absolute Gasteiger partial charge is 0.508 e. The van der Waals surface area contributed by atoms with Crippen LogP contribution in [0.4, 0.5) is 0 Å². The van der Waals surface area contributed by atoms with Gasteiger partial charge in [0.2, 0.25) is 0 Å². The van der Waals surface area contributed by atoms with Crippen LogP contribution in [0.5, 0.6) is 5.75 Å². The number of benzene rings is 1. The van der Waals surface area contributed by atoms with E-state index in [0.717, 1.165) is 4.90 Å². The second kappa shape index (κ2) is 5.23. The third-order valence-corrected chi connectivity index (χ3v) is 3.06. The lowest BCUT2D eigenvalue weighted by molar-refractivity contribution is -0.150. The molecule has 0 saturated carbocycles. The normalized spacial score (nSPS) is 12.2. The molecule has 88 valence electrons. The fraction of sp³-hybridized carbons (Fsp3) is 0.364. The van der Waals surface area contributed by atoms with Gasteiger partial charge in [0.15, 0.2) is 6.10 Å². The number of esters is 1. The minimum atomic E-state index is -1.36. The molecule has 1 rings (SSSR count). The van der Waals surface area contributed by atoms with Crippen molar-refractivity contribution in [3.05, 3.63) is 23.3 Å². The van der Waals surface area contributed by atoms with Gasteiger partial charge in [0.05, 0.1) is 7.11 Å². The summed E-state index contributed by atoms with van der Waals surface area (Å²) in [5, 5.41) is 19.3. The molecule has 4 nitrogen and oxygen atoms in total. The van der Waals surface area contributed by atoms with Gasteiger partial charge in [0.25, 0.3) is 0 Å². The molecule has 0 fully saturated rings. The highest BCUT2D eigenvalue weighted by atomic mass is 32.2. The number of hydrogen-bond donors (Lipinski definition) is 2. The van der Waals surface area contributed by atoms with Crippen molar-refractivity contribution >= 4 is 17.7 Å². The number of phenolic OH excluding ortho intramolecular Hbond substituents is 1. The molecule has 0 bridgehead atoms. The summed E-state index contributed by atoms with van der Waals surface area (Å²) in [4.78, 5) is 12.0. The molecular formula is C11H14O4S. The molecule has 0 radical (unpaired) electrons. The summed E-state index contributed by atoms with van der Waals surface area (Å²) in [5.41, 5.74) is 1.06. The molecule has 0 aliphatic rings. The van der Waals surface area contributed by atoms with Crippen LogP contribution in [0.1, 0.15) is 17.2 Å². The van der Waals surface area contributed by atoms with Gasteiger partial charge < -0.3 is 14.9 Å². The molecule has 1 aromatic rings. The highest BCUT2D eigenvalue weighted by Crippen LogP contribution is 2.32. The quantitative estimate of drug-likeness (QED) is 0.623. The lowest BCUT2D eigenvalue weighted by atomic mass is 10.1. The smallest absolute Gasteiger partial charge is 0.339 e. The second-order valence-electron chi connectivity index (χ2n) is 3.31. The lowest BCUT2D eigenvalue weighted by Gasteiger charge is -2.14. The van der Waals surface area contributed by atoms with E-state index in [1.807, 2.05) is 6.26 Å². The molecular weight excluding hydrogens is 228 g/mol. The molecule has 0 aliphatic heterocycles. The van der Waals surface area contributed by atoms with E-state index in [2.05, 4.69) is 4.74 Å². The Bertz CT molecular complexity index is 403. The monoisotopic (exact) mass is 242 g/mol. The Morgan fingerprint density at radius 3 is 2.62 bits per heavy atom. The number of methoxy groups -OCH3 is 1. The van der Waals surface area contributed by atoms with Gasteiger partial charge in [-0.05, 0) is 30.9 Å². The van der Waals surface area contributed by atoms with Gasteiger partial charge in [-0.15, -0.1) is 11.8 Å². The van der Waals surface area contributed by atoms with Crippen molar-refractivity contribution in [2.75, 3.05) is 13.4 Å². The Morgan fingerprint density at radius 2 is 2.12 bits per heavy atom. The van der Waals surface area contributed by atoms with Crippen LogP contribution in [-0.4, -0.2) is 29.5 Å². The maximum Gasteiger partial charge on any atom is 0.339 e. The van der Waals surface area contributed by atoms with Crippen LogP contribution < -0.4 is 0 Å². The Labute approximate surface area is 98.2 Å². The number of thioether (sulfide) groups is 1. The summed E-state index contributed by atoms with van der Waals surface area (Å²) >= 11 is 1.40. The Hall–Kier alpha value is -1.20. The summed E-state index contributed by atoms with van der Waals surface area (Å²) in [6, 6.07) is 3.12. The molecule has 0 saturated heterocycles. The van der Waals surface area contributed by atoms with Crippen molar-refractivity contribution in [1.29, 1.82) is 0 Å². The molecule has 0 spiro atoms. The van der Waals surface area contributed by atoms with Crippen molar-refractivity contribution < 1.29 is 19.7 Å². The molecule has 2 N–H and O–H groups in total. The summed E-state index contributed by atoms with van der Waals surface area (Å²) in [6.07, 6.45) is 0.471. The van der Waals surface area contributed by atoms with E-state index in [1.54, 1.807) is 13.0 Å². The van der Waals surface area contributed by atoms with Crippen molar-refractivity contribution in [2.45, 2.75) is 17.9 Å². The number of phenols is 1. The fourth-order valence-corrected chi connectivity index (χ4v) is 2.02. The van der Waals surface area contributed by atoms with Crippen LogP contribution in [0, 0.1) is 6.92 Å². The first-order valence-electron chi connectivity index (χ1n) is 4.64. The van der Waals surface area contributed by atoms with E-state index in [9.17, 15) is 15.0 Å². The highest BCUT2D eigenvalue weighted by Gasteiger charge is 2.22. The minimum Gasteiger partial charge on any atom is -0.508 e. The van der Waals surface area contributed by atoms with E-state index < -0.39 is 12.1 Å². The van der Waals surface area contributed by atoms with Crippen LogP contribution in [0.3, 0.4) is 0 Å². The van der Waals surface area contributed by atoms with Gasteiger partial charge in [-0.2, -0.15) is 0 Å². The van der Waals surface area contributed by atoms with Gasteiger partial charge in [-0.25, -0.2) is 4.79 Å². The van der Waals surface area contributed by atoms with E-state index in [4.69, 9.17) is 0 Å². The zero-order valence-corrected chi connectivity index (χ0v) is 10.2. The van der Waals surface area contributed by atoms with Gasteiger partial charge in [0.1, 0.15) is 5.75 Å². The summed E-state index contributed by atoms with van der Waals surface area (Å²) in [7, 11) is 1.21. The standard InChI is InChI=1S/C11H14O4S/c1-6-4-9(16-3)7(5-8(6)12)10(13)11(14)15-2/h4-5,10,12-13H,1-3H3. The first-order chi connectivity index (χ1) is 7.51. The van der Waals surface area contributed by atoms with E-state index >= 15 is 0 Å². The Balaban J connectivity index is 3.21. The predicted octanol–water partition coefficient (Wildman–Crippen LogP) is 1.63. The Morgan fingerprint density at radius 1 is 1.50 bits per heavy atom. The molecule has 0 aliphatic carbocycles. The van der Waals surface area contributed by atoms with E-state index in [1.165, 1.54) is 24.9 Å². The molecule has 5 heteroatoms. The van der Waals surface area contributed by atoms with Crippen molar-refractivity contribution in [3.63, 3.8) is 0 Å². The van der Waals surface area contributed by atoms with E-state index in [-0.39, 0.29) is 5.75 Å². The molecule has 16 heavy (non-hydrogen) atoms.